The summed E-state index contributed by atoms with van der Waals surface area (Å²) in [7, 11) is 0. The monoisotopic (exact) mass is 499 g/mol. The number of hydrogen-bond acceptors (Lipinski definition) is 0. The van der Waals surface area contributed by atoms with Crippen molar-refractivity contribution in [2.45, 2.75) is 57.3 Å². The van der Waals surface area contributed by atoms with Gasteiger partial charge >= 0.3 is 26.2 Å². The van der Waals surface area contributed by atoms with Crippen LogP contribution >= 0.6 is 0 Å². The number of hydrogen-bond donors (Lipinski definition) is 0. The van der Waals surface area contributed by atoms with Crippen molar-refractivity contribution in [2.24, 2.45) is 0 Å². The quantitative estimate of drug-likeness (QED) is 0.524. The van der Waals surface area contributed by atoms with Crippen LogP contribution in [-0.2, 0) is 26.2 Å². The molecule has 0 aliphatic heterocycles. The van der Waals surface area contributed by atoms with Crippen molar-refractivity contribution in [1.29, 1.82) is 0 Å². The Labute approximate surface area is 207 Å². The first-order valence-electron chi connectivity index (χ1n) is 10.3. The van der Waals surface area contributed by atoms with Gasteiger partial charge in [0.05, 0.1) is 0 Å². The summed E-state index contributed by atoms with van der Waals surface area (Å²) in [5, 5.41) is 0. The van der Waals surface area contributed by atoms with E-state index in [1.165, 1.54) is 49.7 Å². The summed E-state index contributed by atoms with van der Waals surface area (Å²) in [6.07, 6.45) is 12.4. The van der Waals surface area contributed by atoms with Gasteiger partial charge in [0.15, 0.2) is 0 Å². The molecule has 0 fully saturated rings. The summed E-state index contributed by atoms with van der Waals surface area (Å²) in [5.41, 5.74) is 9.54. The third kappa shape index (κ3) is 4.53. The number of rotatable bonds is 6. The first-order valence-corrected chi connectivity index (χ1v) is 10.3. The third-order valence-electron chi connectivity index (χ3n) is 6.81. The summed E-state index contributed by atoms with van der Waals surface area (Å²) >= 11 is 0. The number of benzene rings is 2. The van der Waals surface area contributed by atoms with Crippen molar-refractivity contribution in [1.82, 2.24) is 0 Å². The van der Waals surface area contributed by atoms with E-state index in [9.17, 15) is 0 Å². The molecule has 3 heteroatoms. The Bertz CT molecular complexity index is 899. The molecule has 0 saturated carbocycles. The van der Waals surface area contributed by atoms with Gasteiger partial charge in [-0.3, -0.25) is 0 Å². The van der Waals surface area contributed by atoms with E-state index >= 15 is 0 Å². The van der Waals surface area contributed by atoms with Crippen LogP contribution in [0.4, 0.5) is 0 Å². The van der Waals surface area contributed by atoms with Gasteiger partial charge in [-0.15, -0.1) is 0 Å². The molecule has 0 nitrogen and oxygen atoms in total. The second-order valence-electron chi connectivity index (χ2n) is 8.08. The molecular weight excluding hydrogens is 474 g/mol. The molecule has 0 spiro atoms. The van der Waals surface area contributed by atoms with Crippen molar-refractivity contribution in [2.75, 3.05) is 0 Å². The van der Waals surface area contributed by atoms with Crippen LogP contribution in [0.2, 0.25) is 0 Å². The van der Waals surface area contributed by atoms with Gasteiger partial charge in [0.2, 0.25) is 0 Å². The largest absolute Gasteiger partial charge is 3.00 e. The fourth-order valence-electron chi connectivity index (χ4n) is 5.26. The maximum Gasteiger partial charge on any atom is 3.00 e. The Balaban J connectivity index is 0.000001000. The SMILES string of the molecule is CC[C-](CCC1C2=C(CC2)c2ccccc21)CC1C=Cc2ccccc21.[Cl-].[Cl-].[Zr+3]. The van der Waals surface area contributed by atoms with Gasteiger partial charge in [0.1, 0.15) is 0 Å². The molecule has 0 amide bonds. The molecular formula is C26H27Cl2Zr. The molecule has 2 unspecified atom stereocenters. The van der Waals surface area contributed by atoms with Gasteiger partial charge in [-0.25, -0.2) is 0 Å². The zero-order chi connectivity index (χ0) is 17.5. The summed E-state index contributed by atoms with van der Waals surface area (Å²) in [4.78, 5) is 0. The molecule has 0 saturated heterocycles. The zero-order valence-corrected chi connectivity index (χ0v) is 20.9. The molecule has 29 heavy (non-hydrogen) atoms. The van der Waals surface area contributed by atoms with Crippen molar-refractivity contribution >= 4 is 11.6 Å². The van der Waals surface area contributed by atoms with Gasteiger partial charge in [-0.1, -0.05) is 79.6 Å². The average Bonchev–Trinajstić information content (AvgIpc) is 3.15. The summed E-state index contributed by atoms with van der Waals surface area (Å²) in [5.74, 6) is 3.03. The topological polar surface area (TPSA) is 0 Å². The molecule has 2 aromatic carbocycles. The number of halogens is 2. The van der Waals surface area contributed by atoms with E-state index in [-0.39, 0.29) is 51.0 Å². The second kappa shape index (κ2) is 10.6. The molecule has 5 rings (SSSR count). The zero-order valence-electron chi connectivity index (χ0n) is 16.9. The van der Waals surface area contributed by atoms with Crippen molar-refractivity contribution < 1.29 is 51.0 Å². The first-order chi connectivity index (χ1) is 12.8. The van der Waals surface area contributed by atoms with Crippen LogP contribution in [0, 0.1) is 5.92 Å². The van der Waals surface area contributed by atoms with Crippen molar-refractivity contribution in [3.05, 3.63) is 88.4 Å². The van der Waals surface area contributed by atoms with Gasteiger partial charge in [0, 0.05) is 5.92 Å². The summed E-state index contributed by atoms with van der Waals surface area (Å²) in [6, 6.07) is 18.0. The van der Waals surface area contributed by atoms with E-state index in [0.29, 0.717) is 11.8 Å². The molecule has 3 aliphatic rings. The van der Waals surface area contributed by atoms with Gasteiger partial charge in [0.25, 0.3) is 0 Å². The Kier molecular flexibility index (Phi) is 9.02. The normalized spacial score (nSPS) is 20.1. The van der Waals surface area contributed by atoms with E-state index in [2.05, 4.69) is 67.6 Å². The predicted molar refractivity (Wildman–Crippen MR) is 111 cm³/mol. The van der Waals surface area contributed by atoms with Crippen molar-refractivity contribution in [3.8, 4) is 0 Å². The minimum absolute atomic E-state index is 0. The van der Waals surface area contributed by atoms with Gasteiger partial charge < -0.3 is 30.7 Å². The molecule has 0 heterocycles. The average molecular weight is 502 g/mol. The fraction of sp³-hybridized carbons (Fsp3) is 0.346. The summed E-state index contributed by atoms with van der Waals surface area (Å²) in [6.45, 7) is 2.34. The molecule has 0 bridgehead atoms. The minimum Gasteiger partial charge on any atom is -1.00 e. The summed E-state index contributed by atoms with van der Waals surface area (Å²) < 4.78 is 0. The molecule has 3 aliphatic carbocycles. The van der Waals surface area contributed by atoms with Crippen LogP contribution in [0.25, 0.3) is 11.6 Å². The smallest absolute Gasteiger partial charge is 1.00 e. The number of allylic oxidation sites excluding steroid dienone is 3. The van der Waals surface area contributed by atoms with E-state index in [0.717, 1.165) is 0 Å². The molecule has 0 N–H and O–H groups in total. The van der Waals surface area contributed by atoms with Crippen LogP contribution < -0.4 is 24.8 Å². The van der Waals surface area contributed by atoms with Gasteiger partial charge in [-0.05, 0) is 46.6 Å². The number of fused-ring (bicyclic) bond motifs is 3. The van der Waals surface area contributed by atoms with E-state index in [1.807, 2.05) is 0 Å². The Morgan fingerprint density at radius 2 is 1.66 bits per heavy atom. The minimum atomic E-state index is 0. The van der Waals surface area contributed by atoms with E-state index in [4.69, 9.17) is 0 Å². The van der Waals surface area contributed by atoms with Crippen LogP contribution in [0.5, 0.6) is 0 Å². The van der Waals surface area contributed by atoms with Crippen LogP contribution in [-0.4, -0.2) is 0 Å². The fourth-order valence-corrected chi connectivity index (χ4v) is 5.26. The Hall–Kier alpha value is -0.617. The maximum atomic E-state index is 2.41. The standard InChI is InChI=1S/C26H27.2ClH.Zr/c1-2-18(17-20-13-12-19-7-3-4-8-21(19)20)11-14-24-22-9-5-6-10-23(22)25-15-16-26(24)25;;;/h3-10,12-13,20,24H,2,11,14-17H2,1H3;2*1H;/q-1;;;+3/p-2. The van der Waals surface area contributed by atoms with Gasteiger partial charge in [-0.2, -0.15) is 19.3 Å². The molecule has 149 valence electrons. The van der Waals surface area contributed by atoms with Crippen LogP contribution in [0.15, 0.2) is 60.2 Å². The van der Waals surface area contributed by atoms with Crippen LogP contribution in [0.1, 0.15) is 79.5 Å². The van der Waals surface area contributed by atoms with Crippen molar-refractivity contribution in [3.63, 3.8) is 0 Å². The second-order valence-corrected chi connectivity index (χ2v) is 8.08. The molecule has 2 atom stereocenters. The predicted octanol–water partition coefficient (Wildman–Crippen LogP) is 1.30. The van der Waals surface area contributed by atoms with E-state index in [1.54, 1.807) is 28.2 Å². The maximum absolute atomic E-state index is 2.41. The van der Waals surface area contributed by atoms with E-state index < -0.39 is 0 Å². The molecule has 1 radical (unpaired) electrons. The first kappa shape index (κ1) is 24.7. The Morgan fingerprint density at radius 3 is 2.38 bits per heavy atom. The molecule has 2 aromatic rings. The third-order valence-corrected chi connectivity index (χ3v) is 6.81. The van der Waals surface area contributed by atoms with Crippen LogP contribution in [0.3, 0.4) is 0 Å². The molecule has 0 aromatic heterocycles. The Morgan fingerprint density at radius 1 is 0.931 bits per heavy atom.